The smallest absolute Gasteiger partial charge is 0.334 e. The standard InChI is InChI=1S/C21H24N4OS.C20H22N4OS.C20H21N3O2S.C19H20N4O2S.C16H16N4O2S.C15H13N3OS/c26-20(24-12-7-2-1-3-8-13-24)19(16-9-5-4-6-10-16)25-14-11-18-17(21(25)27)15-22-23-18;25-19(23-11-6-1-2-7-12-23)18(15-8-4-3-5-9-15)24-13-10-17-16(20(24)26)14-21-22-17;24-20(25-15-9-5-2-6-10-15)18(14-7-3-1-4-8-14)23-12-11-17-16(19(23)26)13-21-22-17;24-14-7-4-9-22(12-14)18(25)17(13-5-2-1-3-6-13)23-10-8-16-15(19(23)26)11-20-21-16;1-19(22-2)15(21)14(11-6-4-3-5-7-11)20-9-8-13-12(16(20)23)10-17-18-13;1-10(19)14(11-5-3-2-4-6-11)18-8-7-13-12(15(18)20)9-16-17-13/h4-6,9-11,14-15,19H,1-3,7-8,12-13H2,(H,22,23);3-5,8-10,13-14,18H,1-2,6-7,11-12H2,(H,21,22);1,3-4,7-8,11-13,15,18H,2,5-6,9-10H2,(H,21,22);1-3,5-6,8,10-11,14,17,24H,4,7,9,12H2,(H,20,21);3-10,14H,1-2H3,(H,17,18);2-9,14,19H,1H2,(H,16,17). The van der Waals surface area contributed by atoms with Crippen molar-refractivity contribution >= 4 is 168 Å². The van der Waals surface area contributed by atoms with Crippen LogP contribution < -0.4 is 0 Å². The highest BCUT2D eigenvalue weighted by Gasteiger charge is 2.36. The van der Waals surface area contributed by atoms with Crippen LogP contribution in [0.2, 0.25) is 0 Å². The number of H-pyrrole nitrogens is 6. The number of hydrogen-bond donors (Lipinski definition) is 8. The zero-order chi connectivity index (χ0) is 103. The van der Waals surface area contributed by atoms with Gasteiger partial charge in [0.2, 0.25) is 17.7 Å². The Bertz CT molecular complexity index is 7840. The van der Waals surface area contributed by atoms with Crippen molar-refractivity contribution in [3.05, 3.63) is 366 Å². The summed E-state index contributed by atoms with van der Waals surface area (Å²) in [6.45, 7) is 7.99. The van der Waals surface area contributed by atoms with E-state index in [0.29, 0.717) is 40.9 Å². The van der Waals surface area contributed by atoms with Crippen LogP contribution in [0.3, 0.4) is 0 Å². The lowest BCUT2D eigenvalue weighted by Crippen LogP contribution is -2.45. The number of rotatable bonds is 20. The average molecular weight is 2090 g/mol. The van der Waals surface area contributed by atoms with Crippen LogP contribution in [0.1, 0.15) is 172 Å². The van der Waals surface area contributed by atoms with Crippen molar-refractivity contribution in [2.45, 2.75) is 151 Å². The summed E-state index contributed by atoms with van der Waals surface area (Å²) in [6, 6.07) is 66.6. The summed E-state index contributed by atoms with van der Waals surface area (Å²) >= 11 is 33.8. The normalized spacial score (nSPS) is 15.7. The number of allylic oxidation sites excluding steroid dienone is 1. The molecule has 1 aliphatic carbocycles. The van der Waals surface area contributed by atoms with Gasteiger partial charge in [-0.1, -0.05) is 300 Å². The highest BCUT2D eigenvalue weighted by atomic mass is 32.1. The summed E-state index contributed by atoms with van der Waals surface area (Å²) in [5.41, 5.74) is 10.6. The van der Waals surface area contributed by atoms with Crippen LogP contribution in [0, 0.1) is 27.8 Å². The first-order chi connectivity index (χ1) is 72.2. The number of hydrogen-bond acceptors (Lipinski definition) is 21. The molecule has 3 aliphatic heterocycles. The van der Waals surface area contributed by atoms with Gasteiger partial charge in [-0.3, -0.25) is 54.6 Å². The number of nitrogens with zero attached hydrogens (tertiary/aromatic N) is 16. The van der Waals surface area contributed by atoms with Crippen molar-refractivity contribution in [1.29, 1.82) is 0 Å². The molecule has 0 bridgehead atoms. The van der Waals surface area contributed by atoms with Crippen LogP contribution in [0.4, 0.5) is 0 Å². The fourth-order valence-corrected chi connectivity index (χ4v) is 21.5. The molecule has 0 spiro atoms. The monoisotopic (exact) mass is 2090 g/mol. The van der Waals surface area contributed by atoms with Gasteiger partial charge in [-0.05, 0) is 134 Å². The maximum absolute atomic E-state index is 13.6. The maximum Gasteiger partial charge on any atom is 0.334 e. The topological polar surface area (TPSA) is 359 Å². The van der Waals surface area contributed by atoms with Crippen molar-refractivity contribution in [2.75, 3.05) is 53.4 Å². The molecule has 12 aromatic heterocycles. The van der Waals surface area contributed by atoms with Crippen molar-refractivity contribution in [1.82, 2.24) is 108 Å². The van der Waals surface area contributed by atoms with Crippen LogP contribution in [0.5, 0.6) is 0 Å². The number of likely N-dealkylation sites (tertiary alicyclic amines) is 3. The molecule has 760 valence electrons. The Kier molecular flexibility index (Phi) is 35.4. The summed E-state index contributed by atoms with van der Waals surface area (Å²) in [7, 11) is 3.04. The van der Waals surface area contributed by atoms with Crippen LogP contribution in [0.25, 0.3) is 65.4 Å². The number of aromatic amines is 6. The van der Waals surface area contributed by atoms with Crippen LogP contribution >= 0.6 is 73.3 Å². The predicted molar refractivity (Wildman–Crippen MR) is 588 cm³/mol. The van der Waals surface area contributed by atoms with Crippen LogP contribution in [0.15, 0.2) is 305 Å². The minimum absolute atomic E-state index is 0.00860. The summed E-state index contributed by atoms with van der Waals surface area (Å²) in [5.74, 6) is -0.206. The Balaban J connectivity index is 0.000000121. The van der Waals surface area contributed by atoms with E-state index in [-0.39, 0.29) is 41.5 Å². The number of aromatic nitrogens is 18. The number of carbonyl (C=O) groups excluding carboxylic acids is 5. The molecule has 37 heteroatoms. The number of fused-ring (bicyclic) bond motifs is 6. The molecule has 4 aliphatic rings. The van der Waals surface area contributed by atoms with Gasteiger partial charge in [0, 0.05) is 83.5 Å². The molecule has 18 aromatic rings. The van der Waals surface area contributed by atoms with Gasteiger partial charge in [0.15, 0.2) is 6.04 Å². The summed E-state index contributed by atoms with van der Waals surface area (Å²) < 4.78 is 20.5. The molecule has 0 radical (unpaired) electrons. The molecule has 22 rings (SSSR count). The van der Waals surface area contributed by atoms with E-state index in [0.717, 1.165) is 189 Å². The number of β-amino-alcohol motifs (C(OH)–C–C–N with tert-alkyl or cyclic N) is 1. The van der Waals surface area contributed by atoms with E-state index in [1.54, 1.807) is 59.9 Å². The van der Waals surface area contributed by atoms with E-state index in [1.807, 2.05) is 282 Å². The van der Waals surface area contributed by atoms with E-state index in [9.17, 15) is 34.2 Å². The fourth-order valence-electron chi connectivity index (χ4n) is 19.5. The van der Waals surface area contributed by atoms with Gasteiger partial charge in [0.05, 0.1) is 116 Å². The van der Waals surface area contributed by atoms with Gasteiger partial charge >= 0.3 is 5.97 Å². The highest BCUT2D eigenvalue weighted by Crippen LogP contribution is 2.35. The second-order valence-corrected chi connectivity index (χ2v) is 39.2. The summed E-state index contributed by atoms with van der Waals surface area (Å²) in [5, 5.41) is 67.9. The number of aliphatic hydroxyl groups excluding tert-OH is 2. The first-order valence-corrected chi connectivity index (χ1v) is 52.2. The lowest BCUT2D eigenvalue weighted by molar-refractivity contribution is -0.171. The van der Waals surface area contributed by atoms with Crippen LogP contribution in [-0.2, 0) is 33.5 Å². The largest absolute Gasteiger partial charge is 0.510 e. The lowest BCUT2D eigenvalue weighted by atomic mass is 9.97. The molecule has 6 aromatic carbocycles. The number of carbonyl (C=O) groups is 5. The Morgan fingerprint density at radius 2 is 0.574 bits per heavy atom. The van der Waals surface area contributed by atoms with Crippen LogP contribution in [-0.4, -0.2) is 214 Å². The third-order valence-electron chi connectivity index (χ3n) is 27.3. The van der Waals surface area contributed by atoms with Gasteiger partial charge in [-0.25, -0.2) is 9.86 Å². The number of hydroxylamine groups is 2. The van der Waals surface area contributed by atoms with Crippen molar-refractivity contribution in [2.24, 2.45) is 0 Å². The fraction of sp³-hybridized carbons (Fsp3) is 0.288. The molecule has 3 saturated heterocycles. The molecular formula is C111H116N22O9S6. The zero-order valence-corrected chi connectivity index (χ0v) is 86.9. The highest BCUT2D eigenvalue weighted by molar-refractivity contribution is 7.72. The Morgan fingerprint density at radius 1 is 0.331 bits per heavy atom. The van der Waals surface area contributed by atoms with Crippen molar-refractivity contribution < 1.29 is 43.8 Å². The SMILES string of the molecule is C=C(O)C(c1ccccc1)n1ccc2[nH]ncc2c1=S.CON(C)C(=O)C(c1ccccc1)n1ccc2[nH]ncc2c1=S.O=C(C(c1ccccc1)n1ccc2[nH]ncc2c1=S)N1CCCC(O)C1.O=C(C(c1ccccc1)n1ccc2[nH]ncc2c1=S)N1CCCCCC1.O=C(C(c1ccccc1)n1ccc2[nH]ncc2c1=S)N1CCCCCCC1.O=C(OC1CCCCC1)C(c1ccccc1)n1ccc2[nH]ncc2c1=S. The average Bonchev–Trinajstić information content (AvgIpc) is 1.46. The molecule has 31 nitrogen and oxygen atoms in total. The molecule has 148 heavy (non-hydrogen) atoms. The summed E-state index contributed by atoms with van der Waals surface area (Å²) in [6.07, 6.45) is 38.1. The Morgan fingerprint density at radius 3 is 0.865 bits per heavy atom. The first kappa shape index (κ1) is 105. The van der Waals surface area contributed by atoms with Crippen molar-refractivity contribution in [3.8, 4) is 0 Å². The number of pyridine rings is 6. The number of amides is 4. The number of esters is 1. The molecule has 4 fully saturated rings. The zero-order valence-electron chi connectivity index (χ0n) is 82.0. The minimum Gasteiger partial charge on any atom is -0.510 e. The van der Waals surface area contributed by atoms with Gasteiger partial charge in [0.1, 0.15) is 69.9 Å². The van der Waals surface area contributed by atoms with E-state index in [1.165, 1.54) is 50.7 Å². The quantitative estimate of drug-likeness (QED) is 0.0152. The van der Waals surface area contributed by atoms with Gasteiger partial charge < -0.3 is 57.1 Å². The third-order valence-corrected chi connectivity index (χ3v) is 29.8. The molecule has 7 unspecified atom stereocenters. The molecule has 1 saturated carbocycles. The summed E-state index contributed by atoms with van der Waals surface area (Å²) in [4.78, 5) is 77.3. The Hall–Kier alpha value is -14.8. The van der Waals surface area contributed by atoms with Gasteiger partial charge in [-0.15, -0.1) is 0 Å². The van der Waals surface area contributed by atoms with Crippen molar-refractivity contribution in [3.63, 3.8) is 0 Å². The van der Waals surface area contributed by atoms with E-state index < -0.39 is 42.4 Å². The molecule has 4 amide bonds. The lowest BCUT2D eigenvalue weighted by Gasteiger charge is -2.34. The number of likely N-dealkylation sites (N-methyl/N-ethyl adjacent to an activating group) is 1. The minimum atomic E-state index is -0.604. The second kappa shape index (κ2) is 50.0. The maximum atomic E-state index is 13.6. The molecular weight excluding hydrogens is 1980 g/mol. The Labute approximate surface area is 884 Å². The molecule has 7 atom stereocenters. The van der Waals surface area contributed by atoms with Gasteiger partial charge in [0.25, 0.3) is 5.91 Å². The number of benzene rings is 6. The number of nitrogens with one attached hydrogen (secondary N) is 6. The number of piperidine rings is 1. The van der Waals surface area contributed by atoms with Gasteiger partial charge in [-0.2, -0.15) is 30.6 Å². The molecule has 8 N–H and O–H groups in total. The number of aliphatic hydroxyl groups is 2. The number of ether oxygens (including phenoxy) is 1. The first-order valence-electron chi connectivity index (χ1n) is 49.7. The second-order valence-electron chi connectivity index (χ2n) is 36.9. The molecule has 15 heterocycles. The predicted octanol–water partition coefficient (Wildman–Crippen LogP) is 22.2. The third kappa shape index (κ3) is 24.3. The van der Waals surface area contributed by atoms with E-state index >= 15 is 0 Å². The van der Waals surface area contributed by atoms with E-state index in [2.05, 4.69) is 67.8 Å². The van der Waals surface area contributed by atoms with E-state index in [4.69, 9.17) is 82.9 Å².